The fourth-order valence-electron chi connectivity index (χ4n) is 3.90. The molecule has 1 atom stereocenters. The molecule has 1 unspecified atom stereocenters. The van der Waals surface area contributed by atoms with E-state index in [0.717, 1.165) is 30.0 Å². The lowest BCUT2D eigenvalue weighted by molar-refractivity contribution is -0.123. The summed E-state index contributed by atoms with van der Waals surface area (Å²) >= 11 is 0. The number of carbonyl (C=O) groups excluding carboxylic acids is 1. The van der Waals surface area contributed by atoms with Crippen LogP contribution in [0.4, 0.5) is 0 Å². The molecular formula is C24H32N2O2. The molecule has 0 radical (unpaired) electrons. The molecule has 150 valence electrons. The molecular weight excluding hydrogens is 348 g/mol. The van der Waals surface area contributed by atoms with Crippen molar-refractivity contribution in [3.63, 3.8) is 0 Å². The molecule has 1 saturated heterocycles. The summed E-state index contributed by atoms with van der Waals surface area (Å²) < 4.78 is 5.80. The van der Waals surface area contributed by atoms with Gasteiger partial charge in [0.15, 0.2) is 6.61 Å². The van der Waals surface area contributed by atoms with Crippen LogP contribution in [-0.2, 0) is 4.79 Å². The normalized spacial score (nSPS) is 15.8. The minimum absolute atomic E-state index is 0.0479. The van der Waals surface area contributed by atoms with Crippen molar-refractivity contribution in [3.05, 3.63) is 64.7 Å². The lowest BCUT2D eigenvalue weighted by Gasteiger charge is -2.35. The maximum atomic E-state index is 12.5. The van der Waals surface area contributed by atoms with Gasteiger partial charge in [-0.2, -0.15) is 0 Å². The number of amides is 1. The number of piperidine rings is 1. The smallest absolute Gasteiger partial charge is 0.258 e. The van der Waals surface area contributed by atoms with Crippen LogP contribution in [0.3, 0.4) is 0 Å². The molecule has 1 amide bonds. The zero-order valence-corrected chi connectivity index (χ0v) is 17.3. The first kappa shape index (κ1) is 20.4. The second kappa shape index (κ2) is 9.74. The van der Waals surface area contributed by atoms with Crippen LogP contribution in [0.2, 0.25) is 0 Å². The number of ether oxygens (including phenoxy) is 1. The van der Waals surface area contributed by atoms with Gasteiger partial charge in [0.05, 0.1) is 6.04 Å². The van der Waals surface area contributed by atoms with Crippen molar-refractivity contribution in [3.8, 4) is 5.75 Å². The second-order valence-corrected chi connectivity index (χ2v) is 7.84. The average Bonchev–Trinajstić information content (AvgIpc) is 2.70. The van der Waals surface area contributed by atoms with Crippen LogP contribution >= 0.6 is 0 Å². The summed E-state index contributed by atoms with van der Waals surface area (Å²) in [5, 5.41) is 3.10. The number of hydrogen-bond donors (Lipinski definition) is 1. The van der Waals surface area contributed by atoms with E-state index in [1.54, 1.807) is 0 Å². The highest BCUT2D eigenvalue weighted by molar-refractivity contribution is 5.77. The first-order valence-electron chi connectivity index (χ1n) is 10.3. The van der Waals surface area contributed by atoms with Crippen molar-refractivity contribution in [2.45, 2.75) is 46.1 Å². The van der Waals surface area contributed by atoms with E-state index < -0.39 is 0 Å². The Morgan fingerprint density at radius 3 is 2.29 bits per heavy atom. The summed E-state index contributed by atoms with van der Waals surface area (Å²) in [6.07, 6.45) is 3.76. The van der Waals surface area contributed by atoms with Crippen LogP contribution in [-0.4, -0.2) is 37.0 Å². The zero-order chi connectivity index (χ0) is 19.9. The Bertz CT molecular complexity index is 759. The molecule has 2 aromatic rings. The van der Waals surface area contributed by atoms with Crippen molar-refractivity contribution < 1.29 is 9.53 Å². The summed E-state index contributed by atoms with van der Waals surface area (Å²) in [4.78, 5) is 15.0. The third-order valence-electron chi connectivity index (χ3n) is 5.54. The molecule has 1 aliphatic heterocycles. The van der Waals surface area contributed by atoms with E-state index in [0.29, 0.717) is 6.54 Å². The van der Waals surface area contributed by atoms with Gasteiger partial charge >= 0.3 is 0 Å². The summed E-state index contributed by atoms with van der Waals surface area (Å²) in [7, 11) is 0. The largest absolute Gasteiger partial charge is 0.483 e. The SMILES string of the molecule is Cc1ccc(C(CNC(=O)COc2c(C)cccc2C)N2CCCCC2)cc1. The minimum atomic E-state index is -0.0724. The maximum Gasteiger partial charge on any atom is 0.258 e. The number of rotatable bonds is 7. The van der Waals surface area contributed by atoms with E-state index in [2.05, 4.69) is 41.4 Å². The molecule has 1 fully saturated rings. The van der Waals surface area contributed by atoms with Crippen molar-refractivity contribution in [1.82, 2.24) is 10.2 Å². The van der Waals surface area contributed by atoms with Crippen LogP contribution in [0.5, 0.6) is 5.75 Å². The molecule has 2 aromatic carbocycles. The highest BCUT2D eigenvalue weighted by atomic mass is 16.5. The molecule has 4 heteroatoms. The third-order valence-corrected chi connectivity index (χ3v) is 5.54. The van der Waals surface area contributed by atoms with Gasteiger partial charge in [-0.3, -0.25) is 9.69 Å². The zero-order valence-electron chi connectivity index (χ0n) is 17.3. The Morgan fingerprint density at radius 2 is 1.64 bits per heavy atom. The molecule has 1 heterocycles. The van der Waals surface area contributed by atoms with Gasteiger partial charge in [-0.25, -0.2) is 0 Å². The van der Waals surface area contributed by atoms with E-state index >= 15 is 0 Å². The number of carbonyl (C=O) groups is 1. The number of nitrogens with one attached hydrogen (secondary N) is 1. The Kier molecular flexibility index (Phi) is 7.10. The van der Waals surface area contributed by atoms with Gasteiger partial charge in [-0.15, -0.1) is 0 Å². The lowest BCUT2D eigenvalue weighted by atomic mass is 10.0. The van der Waals surface area contributed by atoms with Crippen molar-refractivity contribution >= 4 is 5.91 Å². The fourth-order valence-corrected chi connectivity index (χ4v) is 3.90. The number of aryl methyl sites for hydroxylation is 3. The highest BCUT2D eigenvalue weighted by Crippen LogP contribution is 2.25. The molecule has 3 rings (SSSR count). The molecule has 1 aliphatic rings. The predicted octanol–water partition coefficient (Wildman–Crippen LogP) is 4.33. The molecule has 4 nitrogen and oxygen atoms in total. The van der Waals surface area contributed by atoms with E-state index in [1.165, 1.54) is 30.4 Å². The van der Waals surface area contributed by atoms with E-state index in [9.17, 15) is 4.79 Å². The lowest BCUT2D eigenvalue weighted by Crippen LogP contribution is -2.41. The number of para-hydroxylation sites is 1. The van der Waals surface area contributed by atoms with Crippen LogP contribution in [0.25, 0.3) is 0 Å². The molecule has 1 N–H and O–H groups in total. The first-order chi connectivity index (χ1) is 13.5. The number of benzene rings is 2. The van der Waals surface area contributed by atoms with Crippen LogP contribution in [0.1, 0.15) is 47.6 Å². The van der Waals surface area contributed by atoms with Crippen LogP contribution in [0.15, 0.2) is 42.5 Å². The van der Waals surface area contributed by atoms with Crippen LogP contribution < -0.4 is 10.1 Å². The highest BCUT2D eigenvalue weighted by Gasteiger charge is 2.23. The molecule has 0 aromatic heterocycles. The van der Waals surface area contributed by atoms with E-state index in [-0.39, 0.29) is 18.6 Å². The van der Waals surface area contributed by atoms with Gasteiger partial charge in [-0.1, -0.05) is 54.4 Å². The Morgan fingerprint density at radius 1 is 1.00 bits per heavy atom. The van der Waals surface area contributed by atoms with Gasteiger partial charge in [0.2, 0.25) is 0 Å². The standard InChI is InChI=1S/C24H32N2O2/c1-18-10-12-21(13-11-18)22(26-14-5-4-6-15-26)16-25-23(27)17-28-24-19(2)8-7-9-20(24)3/h7-13,22H,4-6,14-17H2,1-3H3,(H,25,27). The molecule has 0 aliphatic carbocycles. The van der Waals surface area contributed by atoms with E-state index in [1.807, 2.05) is 32.0 Å². The Hall–Kier alpha value is -2.33. The molecule has 0 saturated carbocycles. The number of likely N-dealkylation sites (tertiary alicyclic amines) is 1. The summed E-state index contributed by atoms with van der Waals surface area (Å²) in [6.45, 7) is 8.95. The van der Waals surface area contributed by atoms with Crippen LogP contribution in [0, 0.1) is 20.8 Å². The molecule has 0 spiro atoms. The summed E-state index contributed by atoms with van der Waals surface area (Å²) in [5.74, 6) is 0.737. The second-order valence-electron chi connectivity index (χ2n) is 7.84. The summed E-state index contributed by atoms with van der Waals surface area (Å²) in [6, 6.07) is 14.9. The van der Waals surface area contributed by atoms with Crippen molar-refractivity contribution in [2.75, 3.05) is 26.2 Å². The third kappa shape index (κ3) is 5.35. The van der Waals surface area contributed by atoms with Gasteiger partial charge in [-0.05, 0) is 63.4 Å². The summed E-state index contributed by atoms with van der Waals surface area (Å²) in [5.41, 5.74) is 4.63. The first-order valence-corrected chi connectivity index (χ1v) is 10.3. The topological polar surface area (TPSA) is 41.6 Å². The fraction of sp³-hybridized carbons (Fsp3) is 0.458. The van der Waals surface area contributed by atoms with Crippen molar-refractivity contribution in [1.29, 1.82) is 0 Å². The molecule has 0 bridgehead atoms. The van der Waals surface area contributed by atoms with Gasteiger partial charge in [0.1, 0.15) is 5.75 Å². The predicted molar refractivity (Wildman–Crippen MR) is 114 cm³/mol. The number of nitrogens with zero attached hydrogens (tertiary/aromatic N) is 1. The quantitative estimate of drug-likeness (QED) is 0.777. The minimum Gasteiger partial charge on any atom is -0.483 e. The van der Waals surface area contributed by atoms with Gasteiger partial charge in [0.25, 0.3) is 5.91 Å². The van der Waals surface area contributed by atoms with E-state index in [4.69, 9.17) is 4.74 Å². The average molecular weight is 381 g/mol. The van der Waals surface area contributed by atoms with Gasteiger partial charge < -0.3 is 10.1 Å². The van der Waals surface area contributed by atoms with Crippen molar-refractivity contribution in [2.24, 2.45) is 0 Å². The molecule has 28 heavy (non-hydrogen) atoms. The Balaban J connectivity index is 1.60. The maximum absolute atomic E-state index is 12.5. The monoisotopic (exact) mass is 380 g/mol. The number of hydrogen-bond acceptors (Lipinski definition) is 3. The Labute approximate surface area is 168 Å². The van der Waals surface area contributed by atoms with Gasteiger partial charge in [0, 0.05) is 6.54 Å².